The second-order valence-electron chi connectivity index (χ2n) is 3.93. The third-order valence-electron chi connectivity index (χ3n) is 2.64. The number of alkyl halides is 3. The van der Waals surface area contributed by atoms with Crippen LogP contribution in [0.1, 0.15) is 18.9 Å². The lowest BCUT2D eigenvalue weighted by Gasteiger charge is -2.22. The summed E-state index contributed by atoms with van der Waals surface area (Å²) in [5.41, 5.74) is -0.907. The first-order valence-corrected chi connectivity index (χ1v) is 6.21. The number of ether oxygens (including phenoxy) is 1. The number of pyridine rings is 1. The Hall–Kier alpha value is -1.50. The topological polar surface area (TPSA) is 42.4 Å². The Balaban J connectivity index is 2.91. The average molecular weight is 311 g/mol. The van der Waals surface area contributed by atoms with Crippen molar-refractivity contribution >= 4 is 23.4 Å². The molecule has 20 heavy (non-hydrogen) atoms. The van der Waals surface area contributed by atoms with Crippen molar-refractivity contribution < 1.29 is 22.7 Å². The summed E-state index contributed by atoms with van der Waals surface area (Å²) in [4.78, 5) is 16.4. The molecule has 1 aromatic heterocycles. The SMILES string of the molecule is CCN(CCC(=O)OC)c1ncc(C(F)(F)F)cc1Cl. The van der Waals surface area contributed by atoms with Gasteiger partial charge in [0.15, 0.2) is 0 Å². The van der Waals surface area contributed by atoms with Gasteiger partial charge in [-0.25, -0.2) is 4.98 Å². The molecule has 0 aromatic carbocycles. The van der Waals surface area contributed by atoms with E-state index in [1.807, 2.05) is 0 Å². The lowest BCUT2D eigenvalue weighted by atomic mass is 10.2. The second kappa shape index (κ2) is 6.78. The third-order valence-corrected chi connectivity index (χ3v) is 2.92. The first kappa shape index (κ1) is 16.6. The Morgan fingerprint density at radius 1 is 1.50 bits per heavy atom. The highest BCUT2D eigenvalue weighted by atomic mass is 35.5. The molecular weight excluding hydrogens is 297 g/mol. The number of carbonyl (C=O) groups excluding carboxylic acids is 1. The van der Waals surface area contributed by atoms with Crippen molar-refractivity contribution in [2.24, 2.45) is 0 Å². The molecule has 0 N–H and O–H groups in total. The van der Waals surface area contributed by atoms with Gasteiger partial charge in [-0.1, -0.05) is 11.6 Å². The van der Waals surface area contributed by atoms with Crippen LogP contribution in [0.25, 0.3) is 0 Å². The van der Waals surface area contributed by atoms with Crippen LogP contribution in [-0.4, -0.2) is 31.2 Å². The van der Waals surface area contributed by atoms with Gasteiger partial charge in [0.1, 0.15) is 5.82 Å². The molecule has 112 valence electrons. The predicted octanol–water partition coefficient (Wildman–Crippen LogP) is 3.14. The second-order valence-corrected chi connectivity index (χ2v) is 4.34. The summed E-state index contributed by atoms with van der Waals surface area (Å²) < 4.78 is 42.0. The maximum Gasteiger partial charge on any atom is 0.417 e. The monoisotopic (exact) mass is 310 g/mol. The zero-order valence-electron chi connectivity index (χ0n) is 11.0. The number of nitrogens with zero attached hydrogens (tertiary/aromatic N) is 2. The first-order valence-electron chi connectivity index (χ1n) is 5.84. The van der Waals surface area contributed by atoms with Gasteiger partial charge in [-0.3, -0.25) is 4.79 Å². The minimum Gasteiger partial charge on any atom is -0.469 e. The summed E-state index contributed by atoms with van der Waals surface area (Å²) in [5.74, 6) is -0.197. The molecule has 0 aliphatic heterocycles. The standard InChI is InChI=1S/C12H14ClF3N2O2/c1-3-18(5-4-10(19)20-2)11-9(13)6-8(7-17-11)12(14,15)16/h6-7H,3-5H2,1-2H3. The number of halogens is 4. The number of hydrogen-bond donors (Lipinski definition) is 0. The van der Waals surface area contributed by atoms with E-state index in [4.69, 9.17) is 11.6 Å². The zero-order chi connectivity index (χ0) is 15.3. The molecule has 0 radical (unpaired) electrons. The highest BCUT2D eigenvalue weighted by Crippen LogP contribution is 2.33. The van der Waals surface area contributed by atoms with Crippen LogP contribution in [0.3, 0.4) is 0 Å². The summed E-state index contributed by atoms with van der Waals surface area (Å²) in [6.07, 6.45) is -3.66. The van der Waals surface area contributed by atoms with Gasteiger partial charge in [0.05, 0.1) is 24.1 Å². The summed E-state index contributed by atoms with van der Waals surface area (Å²) in [6, 6.07) is 0.824. The van der Waals surface area contributed by atoms with Crippen molar-refractivity contribution in [1.29, 1.82) is 0 Å². The van der Waals surface area contributed by atoms with E-state index in [2.05, 4.69) is 9.72 Å². The van der Waals surface area contributed by atoms with Gasteiger partial charge in [0.25, 0.3) is 0 Å². The summed E-state index contributed by atoms with van der Waals surface area (Å²) in [6.45, 7) is 2.50. The van der Waals surface area contributed by atoms with Gasteiger partial charge in [-0.2, -0.15) is 13.2 Å². The van der Waals surface area contributed by atoms with E-state index in [0.29, 0.717) is 6.54 Å². The van der Waals surface area contributed by atoms with Gasteiger partial charge in [0.2, 0.25) is 0 Å². The normalized spacial score (nSPS) is 11.3. The molecular formula is C12H14ClF3N2O2. The maximum atomic E-state index is 12.5. The highest BCUT2D eigenvalue weighted by Gasteiger charge is 2.32. The summed E-state index contributed by atoms with van der Waals surface area (Å²) >= 11 is 5.84. The lowest BCUT2D eigenvalue weighted by molar-refractivity contribution is -0.140. The van der Waals surface area contributed by atoms with E-state index >= 15 is 0 Å². The van der Waals surface area contributed by atoms with E-state index in [1.54, 1.807) is 11.8 Å². The number of anilines is 1. The number of aromatic nitrogens is 1. The molecule has 1 rings (SSSR count). The quantitative estimate of drug-likeness (QED) is 0.784. The molecule has 0 saturated carbocycles. The Kier molecular flexibility index (Phi) is 5.62. The van der Waals surface area contributed by atoms with Crippen LogP contribution in [0.2, 0.25) is 5.02 Å². The van der Waals surface area contributed by atoms with Crippen LogP contribution in [0.15, 0.2) is 12.3 Å². The molecule has 0 fully saturated rings. The van der Waals surface area contributed by atoms with Crippen LogP contribution in [0.4, 0.5) is 19.0 Å². The minimum atomic E-state index is -4.49. The molecule has 4 nitrogen and oxygen atoms in total. The largest absolute Gasteiger partial charge is 0.469 e. The molecule has 0 aliphatic carbocycles. The maximum absolute atomic E-state index is 12.5. The van der Waals surface area contributed by atoms with Crippen molar-refractivity contribution in [1.82, 2.24) is 4.98 Å². The Morgan fingerprint density at radius 3 is 2.60 bits per heavy atom. The molecule has 0 amide bonds. The van der Waals surface area contributed by atoms with Gasteiger partial charge in [-0.15, -0.1) is 0 Å². The number of carbonyl (C=O) groups is 1. The van der Waals surface area contributed by atoms with Crippen LogP contribution in [0.5, 0.6) is 0 Å². The molecule has 1 aromatic rings. The summed E-state index contributed by atoms with van der Waals surface area (Å²) in [7, 11) is 1.27. The van der Waals surface area contributed by atoms with Crippen molar-refractivity contribution in [2.45, 2.75) is 19.5 Å². The molecule has 1 heterocycles. The Morgan fingerprint density at radius 2 is 2.15 bits per heavy atom. The van der Waals surface area contributed by atoms with Crippen LogP contribution < -0.4 is 4.90 Å². The minimum absolute atomic E-state index is 0.101. The molecule has 0 aliphatic rings. The van der Waals surface area contributed by atoms with Gasteiger partial charge in [0, 0.05) is 19.3 Å². The van der Waals surface area contributed by atoms with Crippen molar-refractivity contribution in [3.63, 3.8) is 0 Å². The van der Waals surface area contributed by atoms with Crippen LogP contribution in [0, 0.1) is 0 Å². The van der Waals surface area contributed by atoms with Crippen molar-refractivity contribution in [2.75, 3.05) is 25.1 Å². The van der Waals surface area contributed by atoms with Crippen LogP contribution in [-0.2, 0) is 15.7 Å². The van der Waals surface area contributed by atoms with Crippen molar-refractivity contribution in [3.8, 4) is 0 Å². The molecule has 8 heteroatoms. The number of rotatable bonds is 5. The fourth-order valence-corrected chi connectivity index (χ4v) is 1.85. The van der Waals surface area contributed by atoms with Gasteiger partial charge >= 0.3 is 12.1 Å². The fourth-order valence-electron chi connectivity index (χ4n) is 1.56. The highest BCUT2D eigenvalue weighted by molar-refractivity contribution is 6.33. The average Bonchev–Trinajstić information content (AvgIpc) is 2.39. The molecule has 0 spiro atoms. The van der Waals surface area contributed by atoms with Gasteiger partial charge < -0.3 is 9.64 Å². The number of methoxy groups -OCH3 is 1. The summed E-state index contributed by atoms with van der Waals surface area (Å²) in [5, 5.41) is -0.105. The smallest absolute Gasteiger partial charge is 0.417 e. The predicted molar refractivity (Wildman–Crippen MR) is 68.8 cm³/mol. The van der Waals surface area contributed by atoms with Crippen LogP contribution >= 0.6 is 11.6 Å². The molecule has 0 unspecified atom stereocenters. The van der Waals surface area contributed by atoms with Crippen molar-refractivity contribution in [3.05, 3.63) is 22.8 Å². The third kappa shape index (κ3) is 4.26. The number of esters is 1. The van der Waals surface area contributed by atoms with E-state index in [0.717, 1.165) is 12.3 Å². The Bertz CT molecular complexity index is 480. The molecule has 0 bridgehead atoms. The Labute approximate surface area is 119 Å². The lowest BCUT2D eigenvalue weighted by Crippen LogP contribution is -2.27. The van der Waals surface area contributed by atoms with E-state index in [1.165, 1.54) is 7.11 Å². The molecule has 0 saturated heterocycles. The number of hydrogen-bond acceptors (Lipinski definition) is 4. The first-order chi connectivity index (χ1) is 9.29. The van der Waals surface area contributed by atoms with Gasteiger partial charge in [-0.05, 0) is 13.0 Å². The fraction of sp³-hybridized carbons (Fsp3) is 0.500. The van der Waals surface area contributed by atoms with E-state index in [9.17, 15) is 18.0 Å². The zero-order valence-corrected chi connectivity index (χ0v) is 11.8. The molecule has 0 atom stereocenters. The van der Waals surface area contributed by atoms with E-state index in [-0.39, 0.29) is 23.8 Å². The van der Waals surface area contributed by atoms with E-state index < -0.39 is 17.7 Å².